The summed E-state index contributed by atoms with van der Waals surface area (Å²) >= 11 is 0. The summed E-state index contributed by atoms with van der Waals surface area (Å²) in [6.07, 6.45) is 0.435. The number of carboxylic acid groups (broad SMARTS) is 1. The topological polar surface area (TPSA) is 92.5 Å². The molecular formula is C22H20N2O4. The van der Waals surface area contributed by atoms with Crippen LogP contribution in [0, 0.1) is 10.1 Å². The van der Waals surface area contributed by atoms with Crippen LogP contribution in [0.4, 0.5) is 17.1 Å². The molecule has 0 bridgehead atoms. The number of nitro benzene ring substituents is 1. The van der Waals surface area contributed by atoms with Crippen molar-refractivity contribution in [3.05, 3.63) is 100 Å². The fourth-order valence-corrected chi connectivity index (χ4v) is 3.11. The van der Waals surface area contributed by atoms with Crippen LogP contribution in [0.3, 0.4) is 0 Å². The lowest BCUT2D eigenvalue weighted by Crippen LogP contribution is -2.05. The Morgan fingerprint density at radius 2 is 1.43 bits per heavy atom. The van der Waals surface area contributed by atoms with Gasteiger partial charge in [0.25, 0.3) is 5.69 Å². The maximum absolute atomic E-state index is 11.1. The van der Waals surface area contributed by atoms with E-state index >= 15 is 0 Å². The number of nitrogens with one attached hydrogen (secondary N) is 1. The number of anilines is 2. The average molecular weight is 376 g/mol. The van der Waals surface area contributed by atoms with Gasteiger partial charge in [-0.15, -0.1) is 0 Å². The summed E-state index contributed by atoms with van der Waals surface area (Å²) in [6, 6.07) is 23.9. The molecule has 0 fully saturated rings. The first-order chi connectivity index (χ1) is 13.5. The summed E-state index contributed by atoms with van der Waals surface area (Å²) in [5, 5.41) is 23.3. The van der Waals surface area contributed by atoms with Gasteiger partial charge in [-0.3, -0.25) is 14.9 Å². The third kappa shape index (κ3) is 4.94. The third-order valence-electron chi connectivity index (χ3n) is 4.53. The van der Waals surface area contributed by atoms with Crippen molar-refractivity contribution in [1.82, 2.24) is 0 Å². The number of nitro groups is 1. The van der Waals surface area contributed by atoms with Gasteiger partial charge in [0.15, 0.2) is 0 Å². The van der Waals surface area contributed by atoms with Crippen LogP contribution in [-0.2, 0) is 4.79 Å². The van der Waals surface area contributed by atoms with Crippen molar-refractivity contribution in [2.24, 2.45) is 0 Å². The Balaban J connectivity index is 1.83. The van der Waals surface area contributed by atoms with Gasteiger partial charge < -0.3 is 10.4 Å². The molecule has 1 atom stereocenters. The molecule has 6 nitrogen and oxygen atoms in total. The van der Waals surface area contributed by atoms with Gasteiger partial charge in [0.2, 0.25) is 0 Å². The Hall–Kier alpha value is -3.67. The molecule has 0 aromatic heterocycles. The SMILES string of the molecule is O=C(O)CCC(c1ccc(Nc2ccccc2)cc1)c1ccc([N+](=O)[O-])cc1. The van der Waals surface area contributed by atoms with Crippen LogP contribution < -0.4 is 5.32 Å². The highest BCUT2D eigenvalue weighted by Crippen LogP contribution is 2.31. The van der Waals surface area contributed by atoms with E-state index in [2.05, 4.69) is 5.32 Å². The largest absolute Gasteiger partial charge is 0.481 e. The Morgan fingerprint density at radius 1 is 0.893 bits per heavy atom. The maximum atomic E-state index is 11.1. The van der Waals surface area contributed by atoms with Crippen LogP contribution in [0.25, 0.3) is 0 Å². The van der Waals surface area contributed by atoms with E-state index in [-0.39, 0.29) is 18.0 Å². The first-order valence-corrected chi connectivity index (χ1v) is 8.91. The minimum atomic E-state index is -0.866. The standard InChI is InChI=1S/C22H20N2O4/c25-22(26)15-14-21(17-8-12-20(13-9-17)24(27)28)16-6-10-19(11-7-16)23-18-4-2-1-3-5-18/h1-13,21,23H,14-15H2,(H,25,26). The molecule has 0 saturated heterocycles. The first-order valence-electron chi connectivity index (χ1n) is 8.91. The van der Waals surface area contributed by atoms with Crippen LogP contribution in [0.1, 0.15) is 29.9 Å². The number of aliphatic carboxylic acids is 1. The van der Waals surface area contributed by atoms with Crippen molar-refractivity contribution in [3.63, 3.8) is 0 Å². The van der Waals surface area contributed by atoms with Crippen molar-refractivity contribution in [2.45, 2.75) is 18.8 Å². The number of hydrogen-bond donors (Lipinski definition) is 2. The molecular weight excluding hydrogens is 356 g/mol. The molecule has 2 N–H and O–H groups in total. The van der Waals surface area contributed by atoms with Crippen LogP contribution in [0.15, 0.2) is 78.9 Å². The van der Waals surface area contributed by atoms with Gasteiger partial charge in [0.1, 0.15) is 0 Å². The van der Waals surface area contributed by atoms with Crippen LogP contribution in [0.2, 0.25) is 0 Å². The normalized spacial score (nSPS) is 11.6. The predicted octanol–water partition coefficient (Wildman–Crippen LogP) is 5.34. The number of para-hydroxylation sites is 1. The number of nitrogens with zero attached hydrogens (tertiary/aromatic N) is 1. The number of carbonyl (C=O) groups is 1. The molecule has 0 spiro atoms. The summed E-state index contributed by atoms with van der Waals surface area (Å²) in [7, 11) is 0. The van der Waals surface area contributed by atoms with Crippen LogP contribution >= 0.6 is 0 Å². The predicted molar refractivity (Wildman–Crippen MR) is 108 cm³/mol. The highest BCUT2D eigenvalue weighted by Gasteiger charge is 2.17. The number of rotatable bonds is 8. The van der Waals surface area contributed by atoms with Gasteiger partial charge >= 0.3 is 5.97 Å². The third-order valence-corrected chi connectivity index (χ3v) is 4.53. The highest BCUT2D eigenvalue weighted by atomic mass is 16.6. The second-order valence-electron chi connectivity index (χ2n) is 6.45. The van der Waals surface area contributed by atoms with Crippen molar-refractivity contribution in [2.75, 3.05) is 5.32 Å². The molecule has 1 unspecified atom stereocenters. The van der Waals surface area contributed by atoms with E-state index in [1.807, 2.05) is 54.6 Å². The fraction of sp³-hybridized carbons (Fsp3) is 0.136. The minimum absolute atomic E-state index is 0.0168. The van der Waals surface area contributed by atoms with Gasteiger partial charge in [-0.25, -0.2) is 0 Å². The van der Waals surface area contributed by atoms with E-state index in [0.29, 0.717) is 6.42 Å². The molecule has 0 radical (unpaired) electrons. The van der Waals surface area contributed by atoms with E-state index in [1.54, 1.807) is 12.1 Å². The van der Waals surface area contributed by atoms with Gasteiger partial charge in [0, 0.05) is 35.8 Å². The van der Waals surface area contributed by atoms with Crippen molar-refractivity contribution >= 4 is 23.0 Å². The number of carboxylic acids is 1. The highest BCUT2D eigenvalue weighted by molar-refractivity contribution is 5.67. The van der Waals surface area contributed by atoms with Crippen molar-refractivity contribution < 1.29 is 14.8 Å². The van der Waals surface area contributed by atoms with E-state index in [4.69, 9.17) is 5.11 Å². The summed E-state index contributed by atoms with van der Waals surface area (Å²) < 4.78 is 0. The van der Waals surface area contributed by atoms with Gasteiger partial charge in [-0.05, 0) is 41.8 Å². The van der Waals surface area contributed by atoms with Gasteiger partial charge in [-0.1, -0.05) is 42.5 Å². The lowest BCUT2D eigenvalue weighted by molar-refractivity contribution is -0.384. The molecule has 0 heterocycles. The molecule has 3 aromatic rings. The zero-order valence-corrected chi connectivity index (χ0v) is 15.1. The zero-order chi connectivity index (χ0) is 19.9. The molecule has 6 heteroatoms. The van der Waals surface area contributed by atoms with E-state index < -0.39 is 10.9 Å². The second kappa shape index (κ2) is 8.81. The minimum Gasteiger partial charge on any atom is -0.481 e. The second-order valence-corrected chi connectivity index (χ2v) is 6.45. The Bertz CT molecular complexity index is 939. The molecule has 0 amide bonds. The van der Waals surface area contributed by atoms with E-state index in [9.17, 15) is 14.9 Å². The molecule has 28 heavy (non-hydrogen) atoms. The summed E-state index contributed by atoms with van der Waals surface area (Å²) in [5.74, 6) is -1.02. The van der Waals surface area contributed by atoms with Crippen LogP contribution in [-0.4, -0.2) is 16.0 Å². The van der Waals surface area contributed by atoms with Gasteiger partial charge in [-0.2, -0.15) is 0 Å². The Kier molecular flexibility index (Phi) is 6.01. The molecule has 0 saturated carbocycles. The number of benzene rings is 3. The molecule has 3 rings (SSSR count). The summed E-state index contributed by atoms with van der Waals surface area (Å²) in [5.41, 5.74) is 3.75. The first kappa shape index (κ1) is 19.1. The fourth-order valence-electron chi connectivity index (χ4n) is 3.11. The lowest BCUT2D eigenvalue weighted by atomic mass is 9.87. The molecule has 0 aliphatic heterocycles. The zero-order valence-electron chi connectivity index (χ0n) is 15.1. The molecule has 0 aliphatic carbocycles. The molecule has 0 aliphatic rings. The van der Waals surface area contributed by atoms with Crippen molar-refractivity contribution in [1.29, 1.82) is 0 Å². The van der Waals surface area contributed by atoms with E-state index in [1.165, 1.54) is 12.1 Å². The lowest BCUT2D eigenvalue weighted by Gasteiger charge is -2.18. The number of non-ortho nitro benzene ring substituents is 1. The van der Waals surface area contributed by atoms with Gasteiger partial charge in [0.05, 0.1) is 4.92 Å². The monoisotopic (exact) mass is 376 g/mol. The maximum Gasteiger partial charge on any atom is 0.303 e. The van der Waals surface area contributed by atoms with E-state index in [0.717, 1.165) is 22.5 Å². The summed E-state index contributed by atoms with van der Waals surface area (Å²) in [6.45, 7) is 0. The van der Waals surface area contributed by atoms with Crippen molar-refractivity contribution in [3.8, 4) is 0 Å². The molecule has 3 aromatic carbocycles. The smallest absolute Gasteiger partial charge is 0.303 e. The quantitative estimate of drug-likeness (QED) is 0.409. The number of hydrogen-bond acceptors (Lipinski definition) is 4. The average Bonchev–Trinajstić information content (AvgIpc) is 2.70. The van der Waals surface area contributed by atoms with Crippen LogP contribution in [0.5, 0.6) is 0 Å². The Morgan fingerprint density at radius 3 is 1.96 bits per heavy atom. The summed E-state index contributed by atoms with van der Waals surface area (Å²) in [4.78, 5) is 21.5. The molecule has 142 valence electrons. The Labute approximate surface area is 162 Å².